The predicted octanol–water partition coefficient (Wildman–Crippen LogP) is 3.12. The fourth-order valence-electron chi connectivity index (χ4n) is 3.48. The zero-order valence-corrected chi connectivity index (χ0v) is 12.4. The second-order valence-electron chi connectivity index (χ2n) is 5.78. The molecule has 3 atom stereocenters. The Morgan fingerprint density at radius 3 is 2.81 bits per heavy atom. The number of fused-ring (bicyclic) bond motifs is 2. The van der Waals surface area contributed by atoms with Crippen LogP contribution < -0.4 is 5.32 Å². The molecule has 1 aromatic rings. The van der Waals surface area contributed by atoms with Gasteiger partial charge in [-0.3, -0.25) is 4.79 Å². The average Bonchev–Trinajstić information content (AvgIpc) is 3.00. The Morgan fingerprint density at radius 2 is 2.14 bits per heavy atom. The van der Waals surface area contributed by atoms with E-state index in [4.69, 9.17) is 11.6 Å². The fraction of sp³-hybridized carbons (Fsp3) is 0.467. The second kappa shape index (κ2) is 5.22. The van der Waals surface area contributed by atoms with Crippen LogP contribution in [0.2, 0.25) is 5.02 Å². The average molecular weight is 309 g/mol. The van der Waals surface area contributed by atoms with Crippen LogP contribution in [0.5, 0.6) is 0 Å². The monoisotopic (exact) mass is 308 g/mol. The molecule has 0 aromatic heterocycles. The number of carbonyl (C=O) groups excluding carboxylic acids is 1. The first kappa shape index (κ1) is 14.2. The van der Waals surface area contributed by atoms with E-state index < -0.39 is 11.9 Å². The smallest absolute Gasteiger partial charge is 0.322 e. The summed E-state index contributed by atoms with van der Waals surface area (Å²) < 4.78 is 0. The molecule has 5 nitrogen and oxygen atoms in total. The molecule has 3 unspecified atom stereocenters. The van der Waals surface area contributed by atoms with Gasteiger partial charge in [0.1, 0.15) is 0 Å². The molecule has 112 valence electrons. The number of nitrogens with zero attached hydrogens (tertiary/aromatic N) is 1. The number of benzene rings is 1. The maximum absolute atomic E-state index is 12.5. The Labute approximate surface area is 127 Å². The highest BCUT2D eigenvalue weighted by Crippen LogP contribution is 2.42. The lowest BCUT2D eigenvalue weighted by Gasteiger charge is -2.24. The van der Waals surface area contributed by atoms with Gasteiger partial charge in [-0.2, -0.15) is 0 Å². The first-order chi connectivity index (χ1) is 9.97. The highest BCUT2D eigenvalue weighted by molar-refractivity contribution is 6.31. The molecule has 2 aliphatic heterocycles. The number of halogens is 1. The highest BCUT2D eigenvalue weighted by atomic mass is 35.5. The normalized spacial score (nSPS) is 27.0. The van der Waals surface area contributed by atoms with Gasteiger partial charge in [-0.1, -0.05) is 17.7 Å². The van der Waals surface area contributed by atoms with Crippen molar-refractivity contribution in [1.29, 1.82) is 0 Å². The van der Waals surface area contributed by atoms with Crippen LogP contribution in [-0.2, 0) is 4.79 Å². The van der Waals surface area contributed by atoms with E-state index in [2.05, 4.69) is 5.32 Å². The van der Waals surface area contributed by atoms with Crippen molar-refractivity contribution in [2.45, 2.75) is 38.3 Å². The molecule has 1 aromatic carbocycles. The number of aliphatic carboxylic acids is 1. The van der Waals surface area contributed by atoms with Crippen LogP contribution in [0.25, 0.3) is 0 Å². The number of hydrogen-bond acceptors (Lipinski definition) is 2. The maximum atomic E-state index is 12.5. The van der Waals surface area contributed by atoms with Crippen LogP contribution in [0, 0.1) is 12.8 Å². The van der Waals surface area contributed by atoms with E-state index in [-0.39, 0.29) is 18.1 Å². The minimum atomic E-state index is -0.807. The SMILES string of the molecule is Cc1ccc(Cl)cc1NC(=O)N1C2CCC1C(C(=O)O)C2. The van der Waals surface area contributed by atoms with Gasteiger partial charge in [-0.25, -0.2) is 4.79 Å². The van der Waals surface area contributed by atoms with Gasteiger partial charge in [0.25, 0.3) is 0 Å². The van der Waals surface area contributed by atoms with Crippen LogP contribution in [-0.4, -0.2) is 34.1 Å². The summed E-state index contributed by atoms with van der Waals surface area (Å²) in [6, 6.07) is 4.95. The molecule has 21 heavy (non-hydrogen) atoms. The number of rotatable bonds is 2. The van der Waals surface area contributed by atoms with E-state index >= 15 is 0 Å². The lowest BCUT2D eigenvalue weighted by atomic mass is 9.89. The molecule has 2 heterocycles. The summed E-state index contributed by atoms with van der Waals surface area (Å²) in [7, 11) is 0. The fourth-order valence-corrected chi connectivity index (χ4v) is 3.65. The Bertz CT molecular complexity index is 605. The lowest BCUT2D eigenvalue weighted by molar-refractivity contribution is -0.142. The third kappa shape index (κ3) is 2.46. The number of carboxylic acid groups (broad SMARTS) is 1. The minimum absolute atomic E-state index is 0.0376. The number of amides is 2. The van der Waals surface area contributed by atoms with Gasteiger partial charge in [0.2, 0.25) is 0 Å². The van der Waals surface area contributed by atoms with E-state index in [0.29, 0.717) is 17.1 Å². The van der Waals surface area contributed by atoms with Crippen LogP contribution in [0.15, 0.2) is 18.2 Å². The molecule has 2 amide bonds. The maximum Gasteiger partial charge on any atom is 0.322 e. The van der Waals surface area contributed by atoms with Gasteiger partial charge in [0, 0.05) is 22.8 Å². The summed E-state index contributed by atoms with van der Waals surface area (Å²) in [5.74, 6) is -1.24. The highest BCUT2D eigenvalue weighted by Gasteiger charge is 2.51. The zero-order valence-electron chi connectivity index (χ0n) is 11.7. The zero-order chi connectivity index (χ0) is 15.1. The molecule has 2 aliphatic rings. The molecule has 6 heteroatoms. The topological polar surface area (TPSA) is 69.6 Å². The molecule has 0 radical (unpaired) electrons. The van der Waals surface area contributed by atoms with Crippen molar-refractivity contribution in [3.63, 3.8) is 0 Å². The number of aryl methyl sites for hydroxylation is 1. The van der Waals surface area contributed by atoms with Crippen LogP contribution in [0.4, 0.5) is 10.5 Å². The van der Waals surface area contributed by atoms with Crippen LogP contribution in [0.1, 0.15) is 24.8 Å². The number of anilines is 1. The Kier molecular flexibility index (Phi) is 3.53. The Hall–Kier alpha value is -1.75. The third-order valence-electron chi connectivity index (χ3n) is 4.53. The summed E-state index contributed by atoms with van der Waals surface area (Å²) in [5, 5.41) is 12.7. The van der Waals surface area contributed by atoms with E-state index in [1.807, 2.05) is 13.0 Å². The first-order valence-electron chi connectivity index (χ1n) is 7.05. The van der Waals surface area contributed by atoms with Gasteiger partial charge in [0.15, 0.2) is 0 Å². The molecule has 0 aliphatic carbocycles. The van der Waals surface area contributed by atoms with E-state index in [9.17, 15) is 14.7 Å². The molecule has 2 N–H and O–H groups in total. The van der Waals surface area contributed by atoms with Gasteiger partial charge < -0.3 is 15.3 Å². The number of carboxylic acids is 1. The van der Waals surface area contributed by atoms with Crippen molar-refractivity contribution in [2.75, 3.05) is 5.32 Å². The van der Waals surface area contributed by atoms with Crippen LogP contribution in [0.3, 0.4) is 0 Å². The molecule has 3 rings (SSSR count). The molecule has 0 saturated carbocycles. The van der Waals surface area contributed by atoms with Crippen molar-refractivity contribution in [1.82, 2.24) is 4.90 Å². The van der Waals surface area contributed by atoms with Crippen molar-refractivity contribution in [2.24, 2.45) is 5.92 Å². The summed E-state index contributed by atoms with van der Waals surface area (Å²) in [6.07, 6.45) is 2.21. The quantitative estimate of drug-likeness (QED) is 0.882. The number of carbonyl (C=O) groups is 2. The molecule has 2 bridgehead atoms. The first-order valence-corrected chi connectivity index (χ1v) is 7.43. The molecule has 2 saturated heterocycles. The van der Waals surface area contributed by atoms with Gasteiger partial charge >= 0.3 is 12.0 Å². The summed E-state index contributed by atoms with van der Waals surface area (Å²) in [4.78, 5) is 25.4. The number of urea groups is 1. The van der Waals surface area contributed by atoms with Crippen molar-refractivity contribution >= 4 is 29.3 Å². The number of nitrogens with one attached hydrogen (secondary N) is 1. The van der Waals surface area contributed by atoms with Gasteiger partial charge in [-0.05, 0) is 43.9 Å². The van der Waals surface area contributed by atoms with Crippen LogP contribution >= 0.6 is 11.6 Å². The minimum Gasteiger partial charge on any atom is -0.481 e. The number of hydrogen-bond donors (Lipinski definition) is 2. The Morgan fingerprint density at radius 1 is 1.38 bits per heavy atom. The lowest BCUT2D eigenvalue weighted by Crippen LogP contribution is -2.40. The summed E-state index contributed by atoms with van der Waals surface area (Å²) in [5.41, 5.74) is 1.60. The van der Waals surface area contributed by atoms with Crippen molar-refractivity contribution in [3.05, 3.63) is 28.8 Å². The Balaban J connectivity index is 1.77. The molecule has 2 fully saturated rings. The summed E-state index contributed by atoms with van der Waals surface area (Å²) in [6.45, 7) is 1.89. The van der Waals surface area contributed by atoms with E-state index in [1.54, 1.807) is 17.0 Å². The van der Waals surface area contributed by atoms with Crippen molar-refractivity contribution in [3.8, 4) is 0 Å². The van der Waals surface area contributed by atoms with E-state index in [1.165, 1.54) is 0 Å². The van der Waals surface area contributed by atoms with Gasteiger partial charge in [-0.15, -0.1) is 0 Å². The van der Waals surface area contributed by atoms with E-state index in [0.717, 1.165) is 18.4 Å². The predicted molar refractivity (Wildman–Crippen MR) is 79.6 cm³/mol. The molecular weight excluding hydrogens is 292 g/mol. The van der Waals surface area contributed by atoms with Crippen molar-refractivity contribution < 1.29 is 14.7 Å². The molecular formula is C15H17ClN2O3. The third-order valence-corrected chi connectivity index (χ3v) is 4.76. The van der Waals surface area contributed by atoms with Gasteiger partial charge in [0.05, 0.1) is 5.92 Å². The standard InChI is InChI=1S/C15H17ClN2O3/c1-8-2-3-9(16)6-12(8)17-15(21)18-10-4-5-13(18)11(7-10)14(19)20/h2-3,6,10-11,13H,4-5,7H2,1H3,(H,17,21)(H,19,20). The summed E-state index contributed by atoms with van der Waals surface area (Å²) >= 11 is 5.95. The largest absolute Gasteiger partial charge is 0.481 e. The second-order valence-corrected chi connectivity index (χ2v) is 6.21. The molecule has 0 spiro atoms.